The highest BCUT2D eigenvalue weighted by Gasteiger charge is 2.06. The molecule has 0 bridgehead atoms. The van der Waals surface area contributed by atoms with Crippen LogP contribution in [0.25, 0.3) is 0 Å². The predicted molar refractivity (Wildman–Crippen MR) is 52.3 cm³/mol. The predicted octanol–water partition coefficient (Wildman–Crippen LogP) is 2.59. The summed E-state index contributed by atoms with van der Waals surface area (Å²) in [6.45, 7) is 0. The summed E-state index contributed by atoms with van der Waals surface area (Å²) in [4.78, 5) is 10.3. The molecule has 0 radical (unpaired) electrons. The van der Waals surface area contributed by atoms with Crippen LogP contribution in [-0.4, -0.2) is 11.4 Å². The lowest BCUT2D eigenvalue weighted by Gasteiger charge is -2.02. The second-order valence-corrected chi connectivity index (χ2v) is 2.84. The van der Waals surface area contributed by atoms with Gasteiger partial charge in [-0.05, 0) is 18.2 Å². The second kappa shape index (κ2) is 3.88. The second-order valence-electron chi connectivity index (χ2n) is 2.84. The van der Waals surface area contributed by atoms with Crippen molar-refractivity contribution in [2.24, 2.45) is 0 Å². The van der Waals surface area contributed by atoms with E-state index in [2.05, 4.69) is 0 Å². The molecule has 0 saturated carbocycles. The third kappa shape index (κ3) is 1.99. The third-order valence-electron chi connectivity index (χ3n) is 1.79. The fraction of sp³-hybridized carbons (Fsp3) is 0. The van der Waals surface area contributed by atoms with Crippen molar-refractivity contribution in [3.8, 4) is 17.4 Å². The van der Waals surface area contributed by atoms with Crippen molar-refractivity contribution in [1.82, 2.24) is 0 Å². The largest absolute Gasteiger partial charge is 0.504 e. The van der Waals surface area contributed by atoms with Crippen molar-refractivity contribution < 1.29 is 19.1 Å². The smallest absolute Gasteiger partial charge is 0.290 e. The Kier molecular flexibility index (Phi) is 2.41. The van der Waals surface area contributed by atoms with Gasteiger partial charge in [0.25, 0.3) is 5.95 Å². The summed E-state index contributed by atoms with van der Waals surface area (Å²) in [5, 5.41) is 9.40. The van der Waals surface area contributed by atoms with Crippen molar-refractivity contribution in [3.05, 3.63) is 42.2 Å². The molecule has 4 heteroatoms. The molecule has 0 saturated heterocycles. The SMILES string of the molecule is O=Cc1ccc(Oc2ccccc2O)o1. The maximum Gasteiger partial charge on any atom is 0.290 e. The summed E-state index contributed by atoms with van der Waals surface area (Å²) in [6, 6.07) is 9.50. The molecule has 15 heavy (non-hydrogen) atoms. The molecule has 76 valence electrons. The quantitative estimate of drug-likeness (QED) is 0.780. The molecule has 0 fully saturated rings. The minimum Gasteiger partial charge on any atom is -0.504 e. The van der Waals surface area contributed by atoms with E-state index in [1.807, 2.05) is 0 Å². The van der Waals surface area contributed by atoms with Crippen LogP contribution in [0.5, 0.6) is 17.4 Å². The molecule has 1 N–H and O–H groups in total. The van der Waals surface area contributed by atoms with Crippen molar-refractivity contribution >= 4 is 6.29 Å². The van der Waals surface area contributed by atoms with Crippen molar-refractivity contribution in [3.63, 3.8) is 0 Å². The van der Waals surface area contributed by atoms with Crippen LogP contribution < -0.4 is 4.74 Å². The zero-order valence-electron chi connectivity index (χ0n) is 7.71. The molecule has 0 aliphatic carbocycles. The standard InChI is InChI=1S/C11H8O4/c12-7-8-5-6-11(14-8)15-10-4-2-1-3-9(10)13/h1-7,13H. The summed E-state index contributed by atoms with van der Waals surface area (Å²) in [6.07, 6.45) is 0.581. The summed E-state index contributed by atoms with van der Waals surface area (Å²) in [7, 11) is 0. The van der Waals surface area contributed by atoms with Crippen LogP contribution in [0.1, 0.15) is 10.6 Å². The van der Waals surface area contributed by atoms with Gasteiger partial charge in [0.05, 0.1) is 0 Å². The first-order chi connectivity index (χ1) is 7.29. The highest BCUT2D eigenvalue weighted by molar-refractivity contribution is 5.70. The fourth-order valence-electron chi connectivity index (χ4n) is 1.10. The van der Waals surface area contributed by atoms with Gasteiger partial charge in [-0.25, -0.2) is 0 Å². The molecule has 0 aliphatic heterocycles. The molecule has 0 spiro atoms. The number of ether oxygens (including phenoxy) is 1. The summed E-state index contributed by atoms with van der Waals surface area (Å²) in [5.74, 6) is 0.643. The molecule has 0 unspecified atom stereocenters. The number of carbonyl (C=O) groups is 1. The number of phenols is 1. The Labute approximate surface area is 85.7 Å². The van der Waals surface area contributed by atoms with Gasteiger partial charge in [-0.2, -0.15) is 0 Å². The summed E-state index contributed by atoms with van der Waals surface area (Å²) < 4.78 is 10.2. The molecular weight excluding hydrogens is 196 g/mol. The van der Waals surface area contributed by atoms with Gasteiger partial charge in [-0.15, -0.1) is 0 Å². The van der Waals surface area contributed by atoms with Gasteiger partial charge >= 0.3 is 0 Å². The van der Waals surface area contributed by atoms with Crippen LogP contribution in [-0.2, 0) is 0 Å². The average molecular weight is 204 g/mol. The molecule has 4 nitrogen and oxygen atoms in total. The number of carbonyl (C=O) groups excluding carboxylic acids is 1. The van der Waals surface area contributed by atoms with E-state index in [4.69, 9.17) is 9.15 Å². The molecular formula is C11H8O4. The minimum absolute atomic E-state index is 0.0153. The van der Waals surface area contributed by atoms with E-state index in [0.717, 1.165) is 0 Å². The maximum atomic E-state index is 10.3. The minimum atomic E-state index is 0.0153. The van der Waals surface area contributed by atoms with E-state index in [1.54, 1.807) is 18.2 Å². The zero-order valence-corrected chi connectivity index (χ0v) is 7.71. The third-order valence-corrected chi connectivity index (χ3v) is 1.79. The van der Waals surface area contributed by atoms with Crippen LogP contribution in [0.4, 0.5) is 0 Å². The molecule has 1 aromatic heterocycles. The van der Waals surface area contributed by atoms with Crippen LogP contribution in [0.15, 0.2) is 40.8 Å². The number of para-hydroxylation sites is 2. The van der Waals surface area contributed by atoms with E-state index < -0.39 is 0 Å². The number of benzene rings is 1. The van der Waals surface area contributed by atoms with Gasteiger partial charge in [-0.1, -0.05) is 12.1 Å². The Hall–Kier alpha value is -2.23. The molecule has 1 heterocycles. The lowest BCUT2D eigenvalue weighted by molar-refractivity contribution is 0.109. The first-order valence-electron chi connectivity index (χ1n) is 4.30. The number of rotatable bonds is 3. The fourth-order valence-corrected chi connectivity index (χ4v) is 1.10. The van der Waals surface area contributed by atoms with E-state index >= 15 is 0 Å². The highest BCUT2D eigenvalue weighted by Crippen LogP contribution is 2.30. The van der Waals surface area contributed by atoms with E-state index in [0.29, 0.717) is 6.29 Å². The van der Waals surface area contributed by atoms with Crippen molar-refractivity contribution in [2.45, 2.75) is 0 Å². The van der Waals surface area contributed by atoms with Gasteiger partial charge in [0, 0.05) is 6.07 Å². The van der Waals surface area contributed by atoms with Crippen LogP contribution >= 0.6 is 0 Å². The summed E-state index contributed by atoms with van der Waals surface area (Å²) >= 11 is 0. The van der Waals surface area contributed by atoms with Gasteiger partial charge in [0.15, 0.2) is 23.5 Å². The Bertz CT molecular complexity index is 473. The van der Waals surface area contributed by atoms with Crippen LogP contribution in [0.3, 0.4) is 0 Å². The Morgan fingerprint density at radius 3 is 2.67 bits per heavy atom. The number of hydrogen-bond acceptors (Lipinski definition) is 4. The number of phenolic OH excluding ortho intramolecular Hbond substituents is 1. The normalized spacial score (nSPS) is 9.87. The highest BCUT2D eigenvalue weighted by atomic mass is 16.6. The van der Waals surface area contributed by atoms with Crippen molar-refractivity contribution in [1.29, 1.82) is 0 Å². The first-order valence-corrected chi connectivity index (χ1v) is 4.30. The van der Waals surface area contributed by atoms with E-state index in [1.165, 1.54) is 18.2 Å². The Balaban J connectivity index is 2.22. The average Bonchev–Trinajstić information content (AvgIpc) is 2.69. The zero-order chi connectivity index (χ0) is 10.7. The lowest BCUT2D eigenvalue weighted by Crippen LogP contribution is -1.81. The number of aromatic hydroxyl groups is 1. The van der Waals surface area contributed by atoms with Gasteiger partial charge in [0.1, 0.15) is 0 Å². The Morgan fingerprint density at radius 2 is 2.00 bits per heavy atom. The molecule has 0 amide bonds. The number of furan rings is 1. The molecule has 2 aromatic rings. The van der Waals surface area contributed by atoms with Gasteiger partial charge in [-0.3, -0.25) is 4.79 Å². The number of hydrogen-bond donors (Lipinski definition) is 1. The topological polar surface area (TPSA) is 59.7 Å². The van der Waals surface area contributed by atoms with Gasteiger partial charge < -0.3 is 14.3 Å². The van der Waals surface area contributed by atoms with Crippen molar-refractivity contribution in [2.75, 3.05) is 0 Å². The maximum absolute atomic E-state index is 10.3. The molecule has 0 atom stereocenters. The Morgan fingerprint density at radius 1 is 1.20 bits per heavy atom. The lowest BCUT2D eigenvalue weighted by atomic mass is 10.3. The monoisotopic (exact) mass is 204 g/mol. The van der Waals surface area contributed by atoms with E-state index in [9.17, 15) is 9.90 Å². The molecule has 1 aromatic carbocycles. The van der Waals surface area contributed by atoms with Gasteiger partial charge in [0.2, 0.25) is 0 Å². The first kappa shape index (κ1) is 9.33. The molecule has 2 rings (SSSR count). The molecule has 0 aliphatic rings. The summed E-state index contributed by atoms with van der Waals surface area (Å²) in [5.41, 5.74) is 0. The number of aldehydes is 1. The van der Waals surface area contributed by atoms with Crippen LogP contribution in [0, 0.1) is 0 Å². The van der Waals surface area contributed by atoms with Crippen LogP contribution in [0.2, 0.25) is 0 Å². The van der Waals surface area contributed by atoms with E-state index in [-0.39, 0.29) is 23.2 Å².